The maximum Gasteiger partial charge on any atom is 0.0406 e. The summed E-state index contributed by atoms with van der Waals surface area (Å²) in [7, 11) is 0. The molecule has 100 valence electrons. The predicted octanol–water partition coefficient (Wildman–Crippen LogP) is 4.67. The van der Waals surface area contributed by atoms with Crippen LogP contribution in [0, 0.1) is 0 Å². The molecule has 2 rings (SSSR count). The lowest BCUT2D eigenvalue weighted by Crippen LogP contribution is -2.27. The van der Waals surface area contributed by atoms with Crippen molar-refractivity contribution >= 4 is 23.4 Å². The standard InChI is InChI=1S/C15H22ClNS/c1-2-4-15(12-6-8-13(16)9-7-12)17-11-14-5-3-10-18-14/h6-9,14-15,17H,2-5,10-11H2,1H3. The van der Waals surface area contributed by atoms with Crippen LogP contribution in [0.4, 0.5) is 0 Å². The first-order valence-electron chi connectivity index (χ1n) is 6.90. The van der Waals surface area contributed by atoms with Crippen molar-refractivity contribution in [3.63, 3.8) is 0 Å². The first-order chi connectivity index (χ1) is 8.79. The third kappa shape index (κ3) is 4.18. The van der Waals surface area contributed by atoms with Gasteiger partial charge in [0.2, 0.25) is 0 Å². The molecule has 1 nitrogen and oxygen atoms in total. The van der Waals surface area contributed by atoms with Crippen LogP contribution in [0.5, 0.6) is 0 Å². The number of hydrogen-bond acceptors (Lipinski definition) is 2. The van der Waals surface area contributed by atoms with Gasteiger partial charge >= 0.3 is 0 Å². The molecule has 1 aromatic carbocycles. The maximum absolute atomic E-state index is 5.95. The highest BCUT2D eigenvalue weighted by Crippen LogP contribution is 2.27. The zero-order valence-corrected chi connectivity index (χ0v) is 12.6. The second-order valence-electron chi connectivity index (χ2n) is 4.94. The van der Waals surface area contributed by atoms with Crippen LogP contribution in [-0.2, 0) is 0 Å². The molecule has 0 spiro atoms. The molecule has 2 atom stereocenters. The fraction of sp³-hybridized carbons (Fsp3) is 0.600. The van der Waals surface area contributed by atoms with Crippen LogP contribution in [0.2, 0.25) is 5.02 Å². The Labute approximate surface area is 120 Å². The van der Waals surface area contributed by atoms with Gasteiger partial charge in [0.25, 0.3) is 0 Å². The molecule has 1 aliphatic rings. The van der Waals surface area contributed by atoms with Crippen molar-refractivity contribution in [1.82, 2.24) is 5.32 Å². The van der Waals surface area contributed by atoms with Crippen LogP contribution < -0.4 is 5.32 Å². The van der Waals surface area contributed by atoms with E-state index in [0.29, 0.717) is 6.04 Å². The zero-order valence-electron chi connectivity index (χ0n) is 11.0. The topological polar surface area (TPSA) is 12.0 Å². The normalized spacial score (nSPS) is 21.1. The lowest BCUT2D eigenvalue weighted by molar-refractivity contribution is 0.489. The summed E-state index contributed by atoms with van der Waals surface area (Å²) in [6, 6.07) is 8.76. The summed E-state index contributed by atoms with van der Waals surface area (Å²) in [5.41, 5.74) is 1.37. The Kier molecular flexibility index (Phi) is 5.87. The second-order valence-corrected chi connectivity index (χ2v) is 6.78. The van der Waals surface area contributed by atoms with Gasteiger partial charge in [-0.15, -0.1) is 0 Å². The summed E-state index contributed by atoms with van der Waals surface area (Å²) in [5, 5.41) is 5.37. The molecule has 3 heteroatoms. The second kappa shape index (κ2) is 7.42. The van der Waals surface area contributed by atoms with Gasteiger partial charge in [0.15, 0.2) is 0 Å². The van der Waals surface area contributed by atoms with Crippen molar-refractivity contribution in [3.05, 3.63) is 34.9 Å². The van der Waals surface area contributed by atoms with Crippen LogP contribution >= 0.6 is 23.4 Å². The molecule has 1 saturated heterocycles. The summed E-state index contributed by atoms with van der Waals surface area (Å²) in [4.78, 5) is 0. The molecule has 1 fully saturated rings. The first-order valence-corrected chi connectivity index (χ1v) is 8.32. The molecule has 1 aliphatic heterocycles. The van der Waals surface area contributed by atoms with Crippen molar-refractivity contribution in [2.24, 2.45) is 0 Å². The summed E-state index contributed by atoms with van der Waals surface area (Å²) < 4.78 is 0. The smallest absolute Gasteiger partial charge is 0.0406 e. The van der Waals surface area contributed by atoms with Crippen molar-refractivity contribution in [1.29, 1.82) is 0 Å². The van der Waals surface area contributed by atoms with Crippen molar-refractivity contribution in [3.8, 4) is 0 Å². The SMILES string of the molecule is CCCC(NCC1CCCS1)c1ccc(Cl)cc1. The molecule has 0 saturated carbocycles. The fourth-order valence-corrected chi connectivity index (χ4v) is 3.79. The number of nitrogens with one attached hydrogen (secondary N) is 1. The van der Waals surface area contributed by atoms with Crippen molar-refractivity contribution in [2.45, 2.75) is 43.9 Å². The molecule has 0 radical (unpaired) electrons. The lowest BCUT2D eigenvalue weighted by atomic mass is 10.0. The Morgan fingerprint density at radius 2 is 2.17 bits per heavy atom. The molecule has 2 unspecified atom stereocenters. The van der Waals surface area contributed by atoms with Crippen molar-refractivity contribution in [2.75, 3.05) is 12.3 Å². The van der Waals surface area contributed by atoms with Crippen molar-refractivity contribution < 1.29 is 0 Å². The van der Waals surface area contributed by atoms with E-state index in [4.69, 9.17) is 11.6 Å². The highest BCUT2D eigenvalue weighted by atomic mass is 35.5. The van der Waals surface area contributed by atoms with E-state index in [1.165, 1.54) is 37.0 Å². The number of benzene rings is 1. The van der Waals surface area contributed by atoms with Gasteiger partial charge in [-0.1, -0.05) is 37.1 Å². The van der Waals surface area contributed by atoms with E-state index in [1.54, 1.807) is 0 Å². The predicted molar refractivity (Wildman–Crippen MR) is 82.6 cm³/mol. The van der Waals surface area contributed by atoms with E-state index < -0.39 is 0 Å². The minimum atomic E-state index is 0.480. The highest BCUT2D eigenvalue weighted by molar-refractivity contribution is 8.00. The van der Waals surface area contributed by atoms with Crippen LogP contribution in [0.25, 0.3) is 0 Å². The molecule has 0 bridgehead atoms. The molecular weight excluding hydrogens is 262 g/mol. The van der Waals surface area contributed by atoms with E-state index >= 15 is 0 Å². The van der Waals surface area contributed by atoms with E-state index in [0.717, 1.165) is 16.8 Å². The van der Waals surface area contributed by atoms with Gasteiger partial charge in [-0.2, -0.15) is 11.8 Å². The number of halogens is 1. The monoisotopic (exact) mass is 283 g/mol. The highest BCUT2D eigenvalue weighted by Gasteiger charge is 2.17. The van der Waals surface area contributed by atoms with Crippen LogP contribution in [-0.4, -0.2) is 17.5 Å². The number of thioether (sulfide) groups is 1. The third-order valence-electron chi connectivity index (χ3n) is 3.47. The van der Waals surface area contributed by atoms with Gasteiger partial charge < -0.3 is 5.32 Å². The van der Waals surface area contributed by atoms with Gasteiger partial charge in [-0.25, -0.2) is 0 Å². The van der Waals surface area contributed by atoms with Gasteiger partial charge in [0.05, 0.1) is 0 Å². The minimum Gasteiger partial charge on any atom is -0.309 e. The van der Waals surface area contributed by atoms with Gasteiger partial charge in [0.1, 0.15) is 0 Å². The number of rotatable bonds is 6. The minimum absolute atomic E-state index is 0.480. The summed E-state index contributed by atoms with van der Waals surface area (Å²) in [5.74, 6) is 1.34. The Morgan fingerprint density at radius 3 is 2.78 bits per heavy atom. The summed E-state index contributed by atoms with van der Waals surface area (Å²) >= 11 is 8.07. The molecule has 18 heavy (non-hydrogen) atoms. The molecule has 0 amide bonds. The molecule has 1 aromatic rings. The van der Waals surface area contributed by atoms with Gasteiger partial charge in [0, 0.05) is 22.9 Å². The molecule has 1 heterocycles. The maximum atomic E-state index is 5.95. The first kappa shape index (κ1) is 14.2. The third-order valence-corrected chi connectivity index (χ3v) is 5.12. The lowest BCUT2D eigenvalue weighted by Gasteiger charge is -2.21. The van der Waals surface area contributed by atoms with Gasteiger partial charge in [-0.3, -0.25) is 0 Å². The Morgan fingerprint density at radius 1 is 1.39 bits per heavy atom. The molecule has 0 aromatic heterocycles. The van der Waals surface area contributed by atoms with E-state index in [2.05, 4.69) is 36.1 Å². The Balaban J connectivity index is 1.91. The molecule has 0 aliphatic carbocycles. The average molecular weight is 284 g/mol. The zero-order chi connectivity index (χ0) is 12.8. The Hall–Kier alpha value is -0.180. The Bertz CT molecular complexity index is 346. The molecule has 1 N–H and O–H groups in total. The average Bonchev–Trinajstić information content (AvgIpc) is 2.89. The largest absolute Gasteiger partial charge is 0.309 e. The number of hydrogen-bond donors (Lipinski definition) is 1. The molecular formula is C15H22ClNS. The summed E-state index contributed by atoms with van der Waals surface area (Å²) in [6.07, 6.45) is 5.16. The van der Waals surface area contributed by atoms with Crippen LogP contribution in [0.15, 0.2) is 24.3 Å². The van der Waals surface area contributed by atoms with Gasteiger partial charge in [-0.05, 0) is 42.7 Å². The van der Waals surface area contributed by atoms with E-state index in [1.807, 2.05) is 12.1 Å². The van der Waals surface area contributed by atoms with E-state index in [9.17, 15) is 0 Å². The van der Waals surface area contributed by atoms with Crippen LogP contribution in [0.3, 0.4) is 0 Å². The summed E-state index contributed by atoms with van der Waals surface area (Å²) in [6.45, 7) is 3.38. The van der Waals surface area contributed by atoms with E-state index in [-0.39, 0.29) is 0 Å². The fourth-order valence-electron chi connectivity index (χ4n) is 2.45. The quantitative estimate of drug-likeness (QED) is 0.814. The van der Waals surface area contributed by atoms with Crippen LogP contribution in [0.1, 0.15) is 44.2 Å².